The molecular weight excluding hydrogens is 364 g/mol. The molecule has 0 aliphatic heterocycles. The molecule has 0 saturated carbocycles. The SMILES string of the molecule is COc1cccc(Nc2nc(Nc3cccc(C)c3)nc3c2C(=O)CC(C)C3)c1. The minimum Gasteiger partial charge on any atom is -0.497 e. The lowest BCUT2D eigenvalue weighted by atomic mass is 9.87. The van der Waals surface area contributed by atoms with Gasteiger partial charge >= 0.3 is 0 Å². The zero-order valence-corrected chi connectivity index (χ0v) is 16.8. The second kappa shape index (κ2) is 7.91. The maximum atomic E-state index is 12.8. The molecule has 1 heterocycles. The van der Waals surface area contributed by atoms with Gasteiger partial charge in [0.05, 0.1) is 18.4 Å². The number of rotatable bonds is 5. The molecular formula is C23H24N4O2. The lowest BCUT2D eigenvalue weighted by Gasteiger charge is -2.23. The number of hydrogen-bond acceptors (Lipinski definition) is 6. The standard InChI is InChI=1S/C23H24N4O2/c1-14-6-4-7-16(10-14)25-23-26-19-11-15(2)12-20(28)21(19)22(27-23)24-17-8-5-9-18(13-17)29-3/h4-10,13,15H,11-12H2,1-3H3,(H2,24,25,26,27). The van der Waals surface area contributed by atoms with Crippen molar-refractivity contribution in [3.05, 3.63) is 65.4 Å². The van der Waals surface area contributed by atoms with Crippen molar-refractivity contribution in [2.45, 2.75) is 26.7 Å². The Morgan fingerprint density at radius 1 is 1.00 bits per heavy atom. The number of methoxy groups -OCH3 is 1. The molecule has 6 heteroatoms. The summed E-state index contributed by atoms with van der Waals surface area (Å²) in [6.07, 6.45) is 1.26. The Hall–Kier alpha value is -3.41. The molecule has 0 bridgehead atoms. The predicted molar refractivity (Wildman–Crippen MR) is 115 cm³/mol. The van der Waals surface area contributed by atoms with E-state index in [4.69, 9.17) is 4.74 Å². The third kappa shape index (κ3) is 4.21. The van der Waals surface area contributed by atoms with Crippen LogP contribution in [0.1, 0.15) is 35.0 Å². The lowest BCUT2D eigenvalue weighted by molar-refractivity contribution is 0.0953. The van der Waals surface area contributed by atoms with Gasteiger partial charge in [-0.2, -0.15) is 4.98 Å². The van der Waals surface area contributed by atoms with Gasteiger partial charge in [0.1, 0.15) is 11.6 Å². The van der Waals surface area contributed by atoms with Gasteiger partial charge in [-0.1, -0.05) is 25.1 Å². The quantitative estimate of drug-likeness (QED) is 0.637. The second-order valence-electron chi connectivity index (χ2n) is 7.51. The highest BCUT2D eigenvalue weighted by atomic mass is 16.5. The molecule has 0 spiro atoms. The molecule has 6 nitrogen and oxygen atoms in total. The first-order chi connectivity index (χ1) is 14.0. The van der Waals surface area contributed by atoms with Crippen LogP contribution in [-0.2, 0) is 6.42 Å². The Bertz CT molecular complexity index is 1060. The zero-order chi connectivity index (χ0) is 20.4. The van der Waals surface area contributed by atoms with Crippen LogP contribution in [0.5, 0.6) is 5.75 Å². The van der Waals surface area contributed by atoms with E-state index in [1.165, 1.54) is 0 Å². The first-order valence-corrected chi connectivity index (χ1v) is 9.70. The summed E-state index contributed by atoms with van der Waals surface area (Å²) in [5, 5.41) is 6.57. The largest absolute Gasteiger partial charge is 0.497 e. The molecule has 2 aromatic carbocycles. The van der Waals surface area contributed by atoms with Crippen LogP contribution in [0, 0.1) is 12.8 Å². The highest BCUT2D eigenvalue weighted by Gasteiger charge is 2.28. The van der Waals surface area contributed by atoms with Crippen molar-refractivity contribution in [1.82, 2.24) is 9.97 Å². The Kier molecular flexibility index (Phi) is 5.16. The second-order valence-corrected chi connectivity index (χ2v) is 7.51. The highest BCUT2D eigenvalue weighted by Crippen LogP contribution is 2.32. The van der Waals surface area contributed by atoms with E-state index >= 15 is 0 Å². The Balaban J connectivity index is 1.75. The smallest absolute Gasteiger partial charge is 0.229 e. The van der Waals surface area contributed by atoms with E-state index in [9.17, 15) is 4.79 Å². The van der Waals surface area contributed by atoms with E-state index in [1.807, 2.05) is 55.5 Å². The summed E-state index contributed by atoms with van der Waals surface area (Å²) < 4.78 is 5.30. The number of Topliss-reactive ketones (excluding diaryl/α,β-unsaturated/α-hetero) is 1. The van der Waals surface area contributed by atoms with E-state index in [0.717, 1.165) is 34.8 Å². The number of benzene rings is 2. The Morgan fingerprint density at radius 2 is 1.76 bits per heavy atom. The number of carbonyl (C=O) groups excluding carboxylic acids is 1. The van der Waals surface area contributed by atoms with Crippen molar-refractivity contribution in [3.63, 3.8) is 0 Å². The number of nitrogens with zero attached hydrogens (tertiary/aromatic N) is 2. The molecule has 0 amide bonds. The topological polar surface area (TPSA) is 76.1 Å². The summed E-state index contributed by atoms with van der Waals surface area (Å²) in [7, 11) is 1.63. The molecule has 0 saturated heterocycles. The first kappa shape index (κ1) is 18.9. The zero-order valence-electron chi connectivity index (χ0n) is 16.8. The predicted octanol–water partition coefficient (Wildman–Crippen LogP) is 5.05. The van der Waals surface area contributed by atoms with Crippen molar-refractivity contribution in [2.75, 3.05) is 17.7 Å². The third-order valence-electron chi connectivity index (χ3n) is 4.95. The van der Waals surface area contributed by atoms with E-state index in [1.54, 1.807) is 7.11 Å². The van der Waals surface area contributed by atoms with E-state index < -0.39 is 0 Å². The third-order valence-corrected chi connectivity index (χ3v) is 4.95. The molecule has 1 aromatic heterocycles. The van der Waals surface area contributed by atoms with Gasteiger partial charge in [0.25, 0.3) is 0 Å². The molecule has 1 atom stereocenters. The molecule has 2 N–H and O–H groups in total. The van der Waals surface area contributed by atoms with Gasteiger partial charge in [-0.15, -0.1) is 0 Å². The van der Waals surface area contributed by atoms with E-state index in [-0.39, 0.29) is 11.7 Å². The molecule has 1 aliphatic carbocycles. The highest BCUT2D eigenvalue weighted by molar-refractivity contribution is 6.03. The molecule has 4 rings (SSSR count). The van der Waals surface area contributed by atoms with Crippen LogP contribution >= 0.6 is 0 Å². The number of fused-ring (bicyclic) bond motifs is 1. The van der Waals surface area contributed by atoms with E-state index in [2.05, 4.69) is 27.5 Å². The minimum absolute atomic E-state index is 0.0752. The molecule has 0 fully saturated rings. The van der Waals surface area contributed by atoms with Crippen LogP contribution < -0.4 is 15.4 Å². The summed E-state index contributed by atoms with van der Waals surface area (Å²) in [5.74, 6) is 2.07. The molecule has 29 heavy (non-hydrogen) atoms. The molecule has 0 radical (unpaired) electrons. The number of carbonyl (C=O) groups is 1. The average Bonchev–Trinajstić information content (AvgIpc) is 2.67. The fourth-order valence-corrected chi connectivity index (χ4v) is 3.60. The number of ketones is 1. The average molecular weight is 388 g/mol. The van der Waals surface area contributed by atoms with Gasteiger partial charge in [-0.3, -0.25) is 4.79 Å². The molecule has 1 unspecified atom stereocenters. The number of hydrogen-bond donors (Lipinski definition) is 2. The summed E-state index contributed by atoms with van der Waals surface area (Å²) >= 11 is 0. The van der Waals surface area contributed by atoms with Crippen LogP contribution in [-0.4, -0.2) is 22.9 Å². The van der Waals surface area contributed by atoms with Crippen molar-refractivity contribution in [3.8, 4) is 5.75 Å². The minimum atomic E-state index is 0.0752. The number of aryl methyl sites for hydroxylation is 1. The van der Waals surface area contributed by atoms with Gasteiger partial charge in [0.15, 0.2) is 5.78 Å². The van der Waals surface area contributed by atoms with Crippen molar-refractivity contribution >= 4 is 28.9 Å². The van der Waals surface area contributed by atoms with Crippen molar-refractivity contribution in [2.24, 2.45) is 5.92 Å². The van der Waals surface area contributed by atoms with Crippen molar-refractivity contribution < 1.29 is 9.53 Å². The van der Waals surface area contributed by atoms with Gasteiger partial charge < -0.3 is 15.4 Å². The van der Waals surface area contributed by atoms with Gasteiger partial charge in [0, 0.05) is 23.9 Å². The monoisotopic (exact) mass is 388 g/mol. The fraction of sp³-hybridized carbons (Fsp3) is 0.261. The van der Waals surface area contributed by atoms with Crippen LogP contribution in [0.3, 0.4) is 0 Å². The van der Waals surface area contributed by atoms with Crippen molar-refractivity contribution in [1.29, 1.82) is 0 Å². The van der Waals surface area contributed by atoms with Gasteiger partial charge in [0.2, 0.25) is 5.95 Å². The number of aromatic nitrogens is 2. The number of anilines is 4. The Morgan fingerprint density at radius 3 is 2.52 bits per heavy atom. The van der Waals surface area contributed by atoms with Gasteiger partial charge in [-0.25, -0.2) is 4.98 Å². The van der Waals surface area contributed by atoms with Crippen LogP contribution in [0.25, 0.3) is 0 Å². The molecule has 148 valence electrons. The first-order valence-electron chi connectivity index (χ1n) is 9.70. The normalized spacial score (nSPS) is 15.6. The summed E-state index contributed by atoms with van der Waals surface area (Å²) in [6.45, 7) is 4.11. The van der Waals surface area contributed by atoms with Gasteiger partial charge in [-0.05, 0) is 49.1 Å². The van der Waals surface area contributed by atoms with E-state index in [0.29, 0.717) is 23.8 Å². The van der Waals surface area contributed by atoms with Crippen LogP contribution in [0.2, 0.25) is 0 Å². The summed E-state index contributed by atoms with van der Waals surface area (Å²) in [6, 6.07) is 15.6. The van der Waals surface area contributed by atoms with Crippen LogP contribution in [0.15, 0.2) is 48.5 Å². The molecule has 3 aromatic rings. The molecule has 1 aliphatic rings. The summed E-state index contributed by atoms with van der Waals surface area (Å²) in [5.41, 5.74) is 4.22. The maximum absolute atomic E-state index is 12.8. The Labute approximate surface area is 170 Å². The maximum Gasteiger partial charge on any atom is 0.229 e. The summed E-state index contributed by atoms with van der Waals surface area (Å²) in [4.78, 5) is 22.1. The number of nitrogens with one attached hydrogen (secondary N) is 2. The number of ether oxygens (including phenoxy) is 1. The van der Waals surface area contributed by atoms with Crippen LogP contribution in [0.4, 0.5) is 23.1 Å². The fourth-order valence-electron chi connectivity index (χ4n) is 3.60. The lowest BCUT2D eigenvalue weighted by Crippen LogP contribution is -2.22.